The van der Waals surface area contributed by atoms with Crippen molar-refractivity contribution in [3.05, 3.63) is 49.5 Å². The second-order valence-corrected chi connectivity index (χ2v) is 4.52. The normalized spacial score (nSPS) is 10.6. The van der Waals surface area contributed by atoms with Gasteiger partial charge in [-0.1, -0.05) is 0 Å². The number of nitrogens with zero attached hydrogens (tertiary/aromatic N) is 1. The average Bonchev–Trinajstić information content (AvgIpc) is 2.29. The molecule has 0 unspecified atom stereocenters. The molecule has 0 radical (unpaired) electrons. The van der Waals surface area contributed by atoms with E-state index in [-0.39, 0.29) is 11.4 Å². The van der Waals surface area contributed by atoms with Gasteiger partial charge >= 0.3 is 0 Å². The molecule has 0 amide bonds. The van der Waals surface area contributed by atoms with Crippen LogP contribution in [0.3, 0.4) is 0 Å². The summed E-state index contributed by atoms with van der Waals surface area (Å²) in [5.41, 5.74) is 0.590. The van der Waals surface area contributed by atoms with Crippen LogP contribution in [-0.4, -0.2) is 9.97 Å². The zero-order valence-electron chi connectivity index (χ0n) is 8.72. The van der Waals surface area contributed by atoms with E-state index >= 15 is 0 Å². The molecule has 0 spiro atoms. The number of halogens is 3. The molecule has 3 nitrogen and oxygen atoms in total. The van der Waals surface area contributed by atoms with Gasteiger partial charge in [0.1, 0.15) is 5.82 Å². The van der Waals surface area contributed by atoms with Gasteiger partial charge in [0.15, 0.2) is 11.6 Å². The van der Waals surface area contributed by atoms with E-state index in [4.69, 9.17) is 0 Å². The maximum Gasteiger partial charge on any atom is 0.264 e. The van der Waals surface area contributed by atoms with Crippen LogP contribution < -0.4 is 5.56 Å². The first kappa shape index (κ1) is 12.2. The van der Waals surface area contributed by atoms with E-state index in [1.807, 2.05) is 22.6 Å². The summed E-state index contributed by atoms with van der Waals surface area (Å²) in [6.45, 7) is 1.68. The van der Waals surface area contributed by atoms with Crippen LogP contribution in [0.4, 0.5) is 8.78 Å². The Bertz CT molecular complexity index is 640. The summed E-state index contributed by atoms with van der Waals surface area (Å²) >= 11 is 1.88. The number of aryl methyl sites for hydroxylation is 1. The number of aromatic nitrogens is 2. The van der Waals surface area contributed by atoms with Crippen LogP contribution in [0.25, 0.3) is 11.4 Å². The summed E-state index contributed by atoms with van der Waals surface area (Å²) in [7, 11) is 0. The van der Waals surface area contributed by atoms with Gasteiger partial charge in [0.2, 0.25) is 0 Å². The Morgan fingerprint density at radius 2 is 2.00 bits per heavy atom. The highest BCUT2D eigenvalue weighted by molar-refractivity contribution is 14.1. The lowest BCUT2D eigenvalue weighted by atomic mass is 10.2. The van der Waals surface area contributed by atoms with Crippen molar-refractivity contribution < 1.29 is 8.78 Å². The molecule has 0 saturated heterocycles. The first-order valence-corrected chi connectivity index (χ1v) is 5.79. The minimum atomic E-state index is -0.971. The fourth-order valence-electron chi connectivity index (χ4n) is 1.35. The Kier molecular flexibility index (Phi) is 3.23. The summed E-state index contributed by atoms with van der Waals surface area (Å²) in [5, 5.41) is 0. The number of hydrogen-bond donors (Lipinski definition) is 1. The van der Waals surface area contributed by atoms with Gasteiger partial charge in [-0.2, -0.15) is 0 Å². The van der Waals surface area contributed by atoms with Gasteiger partial charge in [-0.3, -0.25) is 4.79 Å². The maximum absolute atomic E-state index is 13.0. The summed E-state index contributed by atoms with van der Waals surface area (Å²) < 4.78 is 26.3. The zero-order chi connectivity index (χ0) is 12.6. The molecule has 2 rings (SSSR count). The minimum absolute atomic E-state index is 0.229. The third-order valence-corrected chi connectivity index (χ3v) is 3.49. The molecule has 6 heteroatoms. The van der Waals surface area contributed by atoms with Crippen molar-refractivity contribution in [3.8, 4) is 11.4 Å². The second kappa shape index (κ2) is 4.52. The van der Waals surface area contributed by atoms with Crippen molar-refractivity contribution in [2.24, 2.45) is 0 Å². The van der Waals surface area contributed by atoms with Crippen molar-refractivity contribution in [1.82, 2.24) is 9.97 Å². The number of rotatable bonds is 1. The van der Waals surface area contributed by atoms with Crippen molar-refractivity contribution in [3.63, 3.8) is 0 Å². The predicted molar refractivity (Wildman–Crippen MR) is 67.7 cm³/mol. The molecule has 0 aliphatic heterocycles. The highest BCUT2D eigenvalue weighted by Crippen LogP contribution is 2.18. The van der Waals surface area contributed by atoms with Crippen LogP contribution in [-0.2, 0) is 0 Å². The largest absolute Gasteiger partial charge is 0.306 e. The van der Waals surface area contributed by atoms with E-state index in [1.165, 1.54) is 6.07 Å². The number of aromatic amines is 1. The molecule has 1 aromatic carbocycles. The van der Waals surface area contributed by atoms with Crippen LogP contribution in [0.5, 0.6) is 0 Å². The van der Waals surface area contributed by atoms with Gasteiger partial charge in [-0.05, 0) is 47.7 Å². The SMILES string of the molecule is Cc1nc(-c2ccc(F)c(F)c2)[nH]c(=O)c1I. The van der Waals surface area contributed by atoms with E-state index in [0.717, 1.165) is 12.1 Å². The minimum Gasteiger partial charge on any atom is -0.306 e. The molecule has 1 N–H and O–H groups in total. The lowest BCUT2D eigenvalue weighted by Crippen LogP contribution is -2.14. The first-order valence-electron chi connectivity index (χ1n) is 4.71. The van der Waals surface area contributed by atoms with Gasteiger partial charge in [0, 0.05) is 5.56 Å². The highest BCUT2D eigenvalue weighted by atomic mass is 127. The summed E-state index contributed by atoms with van der Waals surface area (Å²) in [6, 6.07) is 3.36. The Hall–Kier alpha value is -1.31. The summed E-state index contributed by atoms with van der Waals surface area (Å²) in [5.74, 6) is -1.67. The fraction of sp³-hybridized carbons (Fsp3) is 0.0909. The molecule has 1 aromatic heterocycles. The lowest BCUT2D eigenvalue weighted by Gasteiger charge is -2.04. The van der Waals surface area contributed by atoms with E-state index < -0.39 is 11.6 Å². The molecule has 88 valence electrons. The Morgan fingerprint density at radius 3 is 2.59 bits per heavy atom. The van der Waals surface area contributed by atoms with Crippen LogP contribution in [0.15, 0.2) is 23.0 Å². The molecule has 0 atom stereocenters. The average molecular weight is 348 g/mol. The van der Waals surface area contributed by atoms with E-state index in [9.17, 15) is 13.6 Å². The Morgan fingerprint density at radius 1 is 1.29 bits per heavy atom. The van der Waals surface area contributed by atoms with Crippen LogP contribution in [0, 0.1) is 22.1 Å². The number of nitrogens with one attached hydrogen (secondary N) is 1. The van der Waals surface area contributed by atoms with E-state index in [0.29, 0.717) is 14.8 Å². The van der Waals surface area contributed by atoms with Crippen LogP contribution >= 0.6 is 22.6 Å². The molecule has 0 bridgehead atoms. The van der Waals surface area contributed by atoms with Crippen molar-refractivity contribution in [1.29, 1.82) is 0 Å². The Labute approximate surface area is 109 Å². The maximum atomic E-state index is 13.0. The molecule has 0 aliphatic rings. The van der Waals surface area contributed by atoms with E-state index in [2.05, 4.69) is 9.97 Å². The first-order chi connectivity index (χ1) is 7.99. The zero-order valence-corrected chi connectivity index (χ0v) is 10.9. The molecular formula is C11H7F2IN2O. The standard InChI is InChI=1S/C11H7F2IN2O/c1-5-9(14)11(17)16-10(15-5)6-2-3-7(12)8(13)4-6/h2-4H,1H3,(H,15,16,17). The quantitative estimate of drug-likeness (QED) is 0.806. The fourth-order valence-corrected chi connectivity index (χ4v) is 1.61. The highest BCUT2D eigenvalue weighted by Gasteiger charge is 2.09. The monoisotopic (exact) mass is 348 g/mol. The molecule has 0 aliphatic carbocycles. The van der Waals surface area contributed by atoms with Crippen molar-refractivity contribution in [2.45, 2.75) is 6.92 Å². The van der Waals surface area contributed by atoms with Gasteiger partial charge < -0.3 is 4.98 Å². The lowest BCUT2D eigenvalue weighted by molar-refractivity contribution is 0.509. The molecule has 0 fully saturated rings. The van der Waals surface area contributed by atoms with Gasteiger partial charge in [-0.15, -0.1) is 0 Å². The van der Waals surface area contributed by atoms with Crippen LogP contribution in [0.2, 0.25) is 0 Å². The number of benzene rings is 1. The third kappa shape index (κ3) is 2.36. The second-order valence-electron chi connectivity index (χ2n) is 3.44. The number of hydrogen-bond acceptors (Lipinski definition) is 2. The van der Waals surface area contributed by atoms with Crippen LogP contribution in [0.1, 0.15) is 5.69 Å². The Balaban J connectivity index is 2.61. The van der Waals surface area contributed by atoms with Gasteiger partial charge in [0.05, 0.1) is 9.26 Å². The van der Waals surface area contributed by atoms with Gasteiger partial charge in [0.25, 0.3) is 5.56 Å². The smallest absolute Gasteiger partial charge is 0.264 e. The molecule has 1 heterocycles. The van der Waals surface area contributed by atoms with Gasteiger partial charge in [-0.25, -0.2) is 13.8 Å². The predicted octanol–water partition coefficient (Wildman–Crippen LogP) is 2.63. The molecular weight excluding hydrogens is 341 g/mol. The summed E-state index contributed by atoms with van der Waals surface area (Å²) in [6.07, 6.45) is 0. The molecule has 17 heavy (non-hydrogen) atoms. The third-order valence-electron chi connectivity index (χ3n) is 2.22. The molecule has 2 aromatic rings. The van der Waals surface area contributed by atoms with E-state index in [1.54, 1.807) is 6.92 Å². The topological polar surface area (TPSA) is 45.8 Å². The van der Waals surface area contributed by atoms with Crippen molar-refractivity contribution in [2.75, 3.05) is 0 Å². The molecule has 0 saturated carbocycles. The van der Waals surface area contributed by atoms with Crippen molar-refractivity contribution >= 4 is 22.6 Å². The number of H-pyrrole nitrogens is 1. The summed E-state index contributed by atoms with van der Waals surface area (Å²) in [4.78, 5) is 18.2.